The average molecular weight is 489 g/mol. The van der Waals surface area contributed by atoms with Gasteiger partial charge in [-0.05, 0) is 67.3 Å². The number of pyridine rings is 2. The molecule has 1 aliphatic carbocycles. The standard InChI is InChI=1S/C26H28N6O2S/c27-12-16-1-2-18-5-10-25(34)32(22(18)11-16)14-21(28)17-3-6-19(7-4-17)29-13-20-8-9-23-26(30-20)31-24(33)15-35-23/h1-2,5,8-11,17,19,21,29H,3-4,6-7,13-15,28H2,(H,30,31,33)/t17-,19-,21-/m1/s1. The summed E-state index contributed by atoms with van der Waals surface area (Å²) in [5.74, 6) is 1.42. The fraction of sp³-hybridized carbons (Fsp3) is 0.385. The molecule has 1 atom stereocenters. The quantitative estimate of drug-likeness (QED) is 0.487. The number of nitrogens with zero attached hydrogens (tertiary/aromatic N) is 3. The van der Waals surface area contributed by atoms with Gasteiger partial charge in [0.15, 0.2) is 0 Å². The number of nitrogens with two attached hydrogens (primary N) is 1. The van der Waals surface area contributed by atoms with Crippen molar-refractivity contribution >= 4 is 34.4 Å². The van der Waals surface area contributed by atoms with E-state index in [2.05, 4.69) is 21.7 Å². The van der Waals surface area contributed by atoms with Gasteiger partial charge in [0.2, 0.25) is 5.91 Å². The first-order valence-electron chi connectivity index (χ1n) is 12.0. The number of hydrogen-bond donors (Lipinski definition) is 3. The highest BCUT2D eigenvalue weighted by Crippen LogP contribution is 2.30. The van der Waals surface area contributed by atoms with E-state index in [-0.39, 0.29) is 17.5 Å². The minimum atomic E-state index is -0.131. The predicted molar refractivity (Wildman–Crippen MR) is 137 cm³/mol. The molecule has 180 valence electrons. The summed E-state index contributed by atoms with van der Waals surface area (Å²) in [6, 6.07) is 15.2. The summed E-state index contributed by atoms with van der Waals surface area (Å²) in [7, 11) is 0. The molecule has 0 spiro atoms. The maximum atomic E-state index is 12.6. The number of aromatic nitrogens is 2. The molecular formula is C26H28N6O2S. The first-order chi connectivity index (χ1) is 17.0. The lowest BCUT2D eigenvalue weighted by molar-refractivity contribution is -0.113. The molecule has 0 unspecified atom stereocenters. The van der Waals surface area contributed by atoms with Crippen LogP contribution in [0, 0.1) is 17.2 Å². The number of rotatable bonds is 6. The van der Waals surface area contributed by atoms with E-state index in [1.54, 1.807) is 28.8 Å². The van der Waals surface area contributed by atoms with Gasteiger partial charge in [-0.15, -0.1) is 11.8 Å². The van der Waals surface area contributed by atoms with Crippen LogP contribution >= 0.6 is 11.8 Å². The second kappa shape index (κ2) is 10.2. The predicted octanol–water partition coefficient (Wildman–Crippen LogP) is 2.99. The summed E-state index contributed by atoms with van der Waals surface area (Å²) in [4.78, 5) is 29.8. The molecule has 2 aliphatic rings. The molecular weight excluding hydrogens is 460 g/mol. The molecule has 0 saturated heterocycles. The van der Waals surface area contributed by atoms with Crippen molar-refractivity contribution in [3.8, 4) is 6.07 Å². The zero-order valence-electron chi connectivity index (χ0n) is 19.4. The van der Waals surface area contributed by atoms with E-state index >= 15 is 0 Å². The van der Waals surface area contributed by atoms with Gasteiger partial charge >= 0.3 is 0 Å². The maximum absolute atomic E-state index is 12.6. The Bertz CT molecular complexity index is 1360. The Hall–Kier alpha value is -3.19. The zero-order valence-corrected chi connectivity index (χ0v) is 20.2. The Labute approximate surface area is 207 Å². The van der Waals surface area contributed by atoms with Crippen molar-refractivity contribution in [1.82, 2.24) is 14.9 Å². The molecule has 5 rings (SSSR count). The van der Waals surface area contributed by atoms with Gasteiger partial charge in [-0.1, -0.05) is 6.07 Å². The van der Waals surface area contributed by atoms with Gasteiger partial charge in [-0.25, -0.2) is 4.98 Å². The molecule has 1 aliphatic heterocycles. The van der Waals surface area contributed by atoms with Crippen LogP contribution in [-0.4, -0.2) is 33.3 Å². The van der Waals surface area contributed by atoms with Crippen molar-refractivity contribution in [1.29, 1.82) is 5.26 Å². The van der Waals surface area contributed by atoms with Crippen LogP contribution in [0.25, 0.3) is 10.9 Å². The molecule has 0 bridgehead atoms. The number of carbonyl (C=O) groups excluding carboxylic acids is 1. The number of carbonyl (C=O) groups is 1. The number of anilines is 1. The minimum absolute atomic E-state index is 0.00830. The molecule has 1 amide bonds. The summed E-state index contributed by atoms with van der Waals surface area (Å²) in [5, 5.41) is 16.6. The van der Waals surface area contributed by atoms with Gasteiger partial charge < -0.3 is 20.9 Å². The Morgan fingerprint density at radius 3 is 2.77 bits per heavy atom. The summed E-state index contributed by atoms with van der Waals surface area (Å²) >= 11 is 1.52. The number of benzene rings is 1. The molecule has 1 fully saturated rings. The number of nitrogens with one attached hydrogen (secondary N) is 2. The first-order valence-corrected chi connectivity index (χ1v) is 12.9. The van der Waals surface area contributed by atoms with Crippen LogP contribution in [-0.2, 0) is 17.9 Å². The Balaban J connectivity index is 1.17. The van der Waals surface area contributed by atoms with Crippen molar-refractivity contribution in [3.63, 3.8) is 0 Å². The van der Waals surface area contributed by atoms with Crippen LogP contribution in [0.3, 0.4) is 0 Å². The monoisotopic (exact) mass is 488 g/mol. The zero-order chi connectivity index (χ0) is 24.4. The van der Waals surface area contributed by atoms with E-state index in [1.165, 1.54) is 11.8 Å². The van der Waals surface area contributed by atoms with E-state index in [0.717, 1.165) is 47.2 Å². The van der Waals surface area contributed by atoms with Crippen LogP contribution in [0.2, 0.25) is 0 Å². The molecule has 2 aromatic heterocycles. The van der Waals surface area contributed by atoms with E-state index < -0.39 is 0 Å². The number of hydrogen-bond acceptors (Lipinski definition) is 7. The SMILES string of the molecule is N#Cc1ccc2ccc(=O)n(C[C@@H](N)[C@H]3CC[C@H](NCc4ccc5c(n4)NC(=O)CS5)CC3)c2c1. The molecule has 9 heteroatoms. The third-order valence-corrected chi connectivity index (χ3v) is 8.04. The highest BCUT2D eigenvalue weighted by atomic mass is 32.2. The maximum Gasteiger partial charge on any atom is 0.251 e. The van der Waals surface area contributed by atoms with Crippen LogP contribution in [0.5, 0.6) is 0 Å². The lowest BCUT2D eigenvalue weighted by Crippen LogP contribution is -2.42. The van der Waals surface area contributed by atoms with E-state index in [1.807, 2.05) is 18.2 Å². The third kappa shape index (κ3) is 5.25. The van der Waals surface area contributed by atoms with Crippen molar-refractivity contribution in [2.24, 2.45) is 11.7 Å². The fourth-order valence-corrected chi connectivity index (χ4v) is 5.77. The first kappa shape index (κ1) is 23.5. The summed E-state index contributed by atoms with van der Waals surface area (Å²) in [6.45, 7) is 1.10. The Morgan fingerprint density at radius 2 is 1.97 bits per heavy atom. The van der Waals surface area contributed by atoms with Gasteiger partial charge in [-0.2, -0.15) is 5.26 Å². The second-order valence-electron chi connectivity index (χ2n) is 9.31. The van der Waals surface area contributed by atoms with Crippen LogP contribution in [0.1, 0.15) is 36.9 Å². The Kier molecular flexibility index (Phi) is 6.86. The normalized spacial score (nSPS) is 20.6. The summed E-state index contributed by atoms with van der Waals surface area (Å²) in [6.07, 6.45) is 4.01. The van der Waals surface area contributed by atoms with Crippen molar-refractivity contribution < 1.29 is 4.79 Å². The molecule has 4 N–H and O–H groups in total. The van der Waals surface area contributed by atoms with Crippen molar-refractivity contribution in [3.05, 3.63) is 64.1 Å². The average Bonchev–Trinajstić information content (AvgIpc) is 2.88. The van der Waals surface area contributed by atoms with Crippen molar-refractivity contribution in [2.75, 3.05) is 11.1 Å². The van der Waals surface area contributed by atoms with Gasteiger partial charge in [0.1, 0.15) is 5.82 Å². The number of nitriles is 1. The molecule has 0 radical (unpaired) electrons. The topological polar surface area (TPSA) is 126 Å². The number of thioether (sulfide) groups is 1. The van der Waals surface area contributed by atoms with Crippen LogP contribution in [0.15, 0.2) is 52.2 Å². The van der Waals surface area contributed by atoms with E-state index in [9.17, 15) is 14.9 Å². The molecule has 1 saturated carbocycles. The lowest BCUT2D eigenvalue weighted by Gasteiger charge is -2.33. The van der Waals surface area contributed by atoms with Gasteiger partial charge in [0, 0.05) is 31.2 Å². The second-order valence-corrected chi connectivity index (χ2v) is 10.3. The smallest absolute Gasteiger partial charge is 0.251 e. The highest BCUT2D eigenvalue weighted by Gasteiger charge is 2.26. The highest BCUT2D eigenvalue weighted by molar-refractivity contribution is 8.00. The molecule has 35 heavy (non-hydrogen) atoms. The molecule has 1 aromatic carbocycles. The summed E-state index contributed by atoms with van der Waals surface area (Å²) < 4.78 is 1.71. The number of amides is 1. The molecule has 3 heterocycles. The van der Waals surface area contributed by atoms with Crippen LogP contribution < -0.4 is 21.9 Å². The van der Waals surface area contributed by atoms with Crippen LogP contribution in [0.4, 0.5) is 5.82 Å². The number of fused-ring (bicyclic) bond motifs is 2. The van der Waals surface area contributed by atoms with E-state index in [4.69, 9.17) is 5.73 Å². The largest absolute Gasteiger partial charge is 0.326 e. The lowest BCUT2D eigenvalue weighted by atomic mass is 9.81. The fourth-order valence-electron chi connectivity index (χ4n) is 5.01. The van der Waals surface area contributed by atoms with Gasteiger partial charge in [0.05, 0.1) is 33.5 Å². The van der Waals surface area contributed by atoms with Gasteiger partial charge in [-0.3, -0.25) is 9.59 Å². The molecule has 8 nitrogen and oxygen atoms in total. The minimum Gasteiger partial charge on any atom is -0.326 e. The Morgan fingerprint density at radius 1 is 1.17 bits per heavy atom. The third-order valence-electron chi connectivity index (χ3n) is 7.00. The summed E-state index contributed by atoms with van der Waals surface area (Å²) in [5.41, 5.74) is 8.72. The molecule has 3 aromatic rings. The van der Waals surface area contributed by atoms with Crippen molar-refractivity contribution in [2.45, 2.75) is 55.8 Å². The van der Waals surface area contributed by atoms with E-state index in [0.29, 0.717) is 42.2 Å². The van der Waals surface area contributed by atoms with Gasteiger partial charge in [0.25, 0.3) is 5.56 Å².